The highest BCUT2D eigenvalue weighted by Crippen LogP contribution is 2.48. The van der Waals surface area contributed by atoms with E-state index in [1.807, 2.05) is 41.9 Å². The van der Waals surface area contributed by atoms with E-state index in [2.05, 4.69) is 6.07 Å². The van der Waals surface area contributed by atoms with Crippen LogP contribution in [0.5, 0.6) is 0 Å². The van der Waals surface area contributed by atoms with E-state index in [1.165, 1.54) is 0 Å². The van der Waals surface area contributed by atoms with Gasteiger partial charge in [0.15, 0.2) is 0 Å². The third-order valence-electron chi connectivity index (χ3n) is 5.13. The summed E-state index contributed by atoms with van der Waals surface area (Å²) in [4.78, 5) is 16.3. The van der Waals surface area contributed by atoms with Gasteiger partial charge in [-0.25, -0.2) is 4.98 Å². The van der Waals surface area contributed by atoms with Gasteiger partial charge >= 0.3 is 5.97 Å². The Kier molecular flexibility index (Phi) is 3.36. The lowest BCUT2D eigenvalue weighted by atomic mass is 9.96. The van der Waals surface area contributed by atoms with Crippen LogP contribution in [-0.4, -0.2) is 20.6 Å². The van der Waals surface area contributed by atoms with Crippen molar-refractivity contribution in [3.05, 3.63) is 65.0 Å². The van der Waals surface area contributed by atoms with Gasteiger partial charge in [-0.1, -0.05) is 18.2 Å². The Labute approximate surface area is 145 Å². The zero-order chi connectivity index (χ0) is 17.6. The minimum atomic E-state index is -0.749. The van der Waals surface area contributed by atoms with Gasteiger partial charge in [0.1, 0.15) is 5.82 Å². The maximum absolute atomic E-state index is 11.5. The predicted octanol–water partition coefficient (Wildman–Crippen LogP) is 3.15. The Bertz CT molecular complexity index is 1020. The number of carboxylic acids is 1. The lowest BCUT2D eigenvalue weighted by molar-refractivity contribution is -0.140. The molecule has 1 saturated carbocycles. The standard InChI is InChI=1S/C20H17N3O2/c1-23-17-7-6-15(20(8-9-20)19(24)25)11-16(17)22-18(23)10-13-2-4-14(12-21)5-3-13/h2-7,11H,8-10H2,1H3,(H,24,25). The van der Waals surface area contributed by atoms with Crippen molar-refractivity contribution in [3.8, 4) is 6.07 Å². The zero-order valence-electron chi connectivity index (χ0n) is 13.9. The van der Waals surface area contributed by atoms with Crippen LogP contribution in [0.25, 0.3) is 11.0 Å². The van der Waals surface area contributed by atoms with E-state index in [0.717, 1.165) is 28.0 Å². The average molecular weight is 331 g/mol. The van der Waals surface area contributed by atoms with Gasteiger partial charge < -0.3 is 9.67 Å². The lowest BCUT2D eigenvalue weighted by Crippen LogP contribution is -2.19. The first-order valence-corrected chi connectivity index (χ1v) is 8.22. The molecule has 1 aliphatic rings. The molecule has 1 aliphatic carbocycles. The van der Waals surface area contributed by atoms with Crippen molar-refractivity contribution < 1.29 is 9.90 Å². The minimum Gasteiger partial charge on any atom is -0.481 e. The number of fused-ring (bicyclic) bond motifs is 1. The highest BCUT2D eigenvalue weighted by atomic mass is 16.4. The maximum atomic E-state index is 11.5. The molecule has 0 radical (unpaired) electrons. The number of aliphatic carboxylic acids is 1. The fourth-order valence-corrected chi connectivity index (χ4v) is 3.34. The van der Waals surface area contributed by atoms with Crippen LogP contribution in [0.2, 0.25) is 0 Å². The molecule has 4 rings (SSSR count). The normalized spacial score (nSPS) is 15.0. The van der Waals surface area contributed by atoms with Crippen molar-refractivity contribution in [2.45, 2.75) is 24.7 Å². The molecular formula is C20H17N3O2. The number of carbonyl (C=O) groups is 1. The topological polar surface area (TPSA) is 78.9 Å². The van der Waals surface area contributed by atoms with E-state index in [-0.39, 0.29) is 0 Å². The van der Waals surface area contributed by atoms with Gasteiger partial charge in [0.2, 0.25) is 0 Å². The number of imidazole rings is 1. The molecule has 0 spiro atoms. The highest BCUT2D eigenvalue weighted by molar-refractivity contribution is 5.87. The lowest BCUT2D eigenvalue weighted by Gasteiger charge is -2.09. The third-order valence-corrected chi connectivity index (χ3v) is 5.13. The van der Waals surface area contributed by atoms with Gasteiger partial charge in [0.25, 0.3) is 0 Å². The molecule has 5 nitrogen and oxygen atoms in total. The van der Waals surface area contributed by atoms with Crippen molar-refractivity contribution in [2.75, 3.05) is 0 Å². The maximum Gasteiger partial charge on any atom is 0.314 e. The minimum absolute atomic E-state index is 0.641. The molecule has 0 amide bonds. The van der Waals surface area contributed by atoms with Crippen LogP contribution in [-0.2, 0) is 23.7 Å². The Morgan fingerprint density at radius 2 is 2.00 bits per heavy atom. The SMILES string of the molecule is Cn1c(Cc2ccc(C#N)cc2)nc2cc(C3(C(=O)O)CC3)ccc21. The summed E-state index contributed by atoms with van der Waals surface area (Å²) in [6, 6.07) is 15.4. The summed E-state index contributed by atoms with van der Waals surface area (Å²) < 4.78 is 2.04. The van der Waals surface area contributed by atoms with E-state index in [1.54, 1.807) is 12.1 Å². The number of hydrogen-bond acceptors (Lipinski definition) is 3. The van der Waals surface area contributed by atoms with Crippen molar-refractivity contribution in [3.63, 3.8) is 0 Å². The molecule has 2 aromatic carbocycles. The van der Waals surface area contributed by atoms with Crippen LogP contribution in [0.15, 0.2) is 42.5 Å². The first kappa shape index (κ1) is 15.4. The quantitative estimate of drug-likeness (QED) is 0.796. The molecular weight excluding hydrogens is 314 g/mol. The molecule has 124 valence electrons. The number of nitriles is 1. The molecule has 3 aromatic rings. The second-order valence-electron chi connectivity index (χ2n) is 6.66. The smallest absolute Gasteiger partial charge is 0.314 e. The molecule has 25 heavy (non-hydrogen) atoms. The number of hydrogen-bond donors (Lipinski definition) is 1. The van der Waals surface area contributed by atoms with Gasteiger partial charge in [-0.05, 0) is 48.2 Å². The van der Waals surface area contributed by atoms with Gasteiger partial charge in [-0.2, -0.15) is 5.26 Å². The van der Waals surface area contributed by atoms with Crippen LogP contribution < -0.4 is 0 Å². The summed E-state index contributed by atoms with van der Waals surface area (Å²) in [7, 11) is 1.97. The monoisotopic (exact) mass is 331 g/mol. The van der Waals surface area contributed by atoms with Crippen molar-refractivity contribution in [2.24, 2.45) is 7.05 Å². The van der Waals surface area contributed by atoms with E-state index in [4.69, 9.17) is 10.2 Å². The van der Waals surface area contributed by atoms with E-state index < -0.39 is 11.4 Å². The van der Waals surface area contributed by atoms with Crippen LogP contribution in [0, 0.1) is 11.3 Å². The van der Waals surface area contributed by atoms with E-state index >= 15 is 0 Å². The number of aromatic nitrogens is 2. The molecule has 0 unspecified atom stereocenters. The van der Waals surface area contributed by atoms with Gasteiger partial charge in [0.05, 0.1) is 28.1 Å². The van der Waals surface area contributed by atoms with Crippen molar-refractivity contribution in [1.29, 1.82) is 5.26 Å². The molecule has 5 heteroatoms. The molecule has 1 aromatic heterocycles. The number of aryl methyl sites for hydroxylation is 1. The van der Waals surface area contributed by atoms with Crippen LogP contribution in [0.4, 0.5) is 0 Å². The highest BCUT2D eigenvalue weighted by Gasteiger charge is 2.51. The largest absolute Gasteiger partial charge is 0.481 e. The van der Waals surface area contributed by atoms with Crippen LogP contribution in [0.3, 0.4) is 0 Å². The van der Waals surface area contributed by atoms with Crippen molar-refractivity contribution in [1.82, 2.24) is 9.55 Å². The summed E-state index contributed by atoms with van der Waals surface area (Å²) in [5.74, 6) is 0.164. The second-order valence-corrected chi connectivity index (χ2v) is 6.66. The molecule has 0 bridgehead atoms. The predicted molar refractivity (Wildman–Crippen MR) is 93.2 cm³/mol. The Balaban J connectivity index is 1.69. The van der Waals surface area contributed by atoms with E-state index in [9.17, 15) is 9.90 Å². The Morgan fingerprint density at radius 3 is 2.60 bits per heavy atom. The molecule has 1 N–H and O–H groups in total. The average Bonchev–Trinajstić information content (AvgIpc) is 3.38. The fraction of sp³-hybridized carbons (Fsp3) is 0.250. The first-order chi connectivity index (χ1) is 12.0. The van der Waals surface area contributed by atoms with Gasteiger partial charge in [-0.3, -0.25) is 4.79 Å². The number of benzene rings is 2. The summed E-state index contributed by atoms with van der Waals surface area (Å²) in [5.41, 5.74) is 3.68. The zero-order valence-corrected chi connectivity index (χ0v) is 13.9. The molecule has 0 aliphatic heterocycles. The van der Waals surface area contributed by atoms with E-state index in [0.29, 0.717) is 24.8 Å². The summed E-state index contributed by atoms with van der Waals surface area (Å²) >= 11 is 0. The van der Waals surface area contributed by atoms with Crippen LogP contribution >= 0.6 is 0 Å². The first-order valence-electron chi connectivity index (χ1n) is 8.22. The Hall–Kier alpha value is -3.13. The molecule has 1 heterocycles. The van der Waals surface area contributed by atoms with Crippen molar-refractivity contribution >= 4 is 17.0 Å². The number of carboxylic acid groups (broad SMARTS) is 1. The third kappa shape index (κ3) is 2.47. The number of rotatable bonds is 4. The fourth-order valence-electron chi connectivity index (χ4n) is 3.34. The second kappa shape index (κ2) is 5.45. The van der Waals surface area contributed by atoms with Crippen LogP contribution in [0.1, 0.15) is 35.4 Å². The van der Waals surface area contributed by atoms with Gasteiger partial charge in [-0.15, -0.1) is 0 Å². The number of nitrogens with zero attached hydrogens (tertiary/aromatic N) is 3. The molecule has 1 fully saturated rings. The molecule has 0 saturated heterocycles. The summed E-state index contributed by atoms with van der Waals surface area (Å²) in [6.45, 7) is 0. The molecule has 0 atom stereocenters. The Morgan fingerprint density at radius 1 is 1.28 bits per heavy atom. The summed E-state index contributed by atoms with van der Waals surface area (Å²) in [6.07, 6.45) is 2.05. The summed E-state index contributed by atoms with van der Waals surface area (Å²) in [5, 5.41) is 18.4. The van der Waals surface area contributed by atoms with Gasteiger partial charge in [0, 0.05) is 13.5 Å².